The molecular weight excluding hydrogens is 260 g/mol. The minimum atomic E-state index is -0.423. The SMILES string of the molecule is COc1cc(N)ccc1NC(=O)CCN(C)CC(N)=O. The highest BCUT2D eigenvalue weighted by molar-refractivity contribution is 5.92. The van der Waals surface area contributed by atoms with Gasteiger partial charge < -0.3 is 21.5 Å². The highest BCUT2D eigenvalue weighted by Crippen LogP contribution is 2.26. The van der Waals surface area contributed by atoms with Crippen LogP contribution in [-0.4, -0.2) is 44.0 Å². The fourth-order valence-electron chi connectivity index (χ4n) is 1.66. The number of amides is 2. The van der Waals surface area contributed by atoms with E-state index in [9.17, 15) is 9.59 Å². The van der Waals surface area contributed by atoms with E-state index >= 15 is 0 Å². The van der Waals surface area contributed by atoms with Crippen molar-refractivity contribution in [2.75, 3.05) is 38.3 Å². The van der Waals surface area contributed by atoms with Crippen molar-refractivity contribution in [3.8, 4) is 5.75 Å². The van der Waals surface area contributed by atoms with Crippen LogP contribution < -0.4 is 21.5 Å². The molecule has 0 atom stereocenters. The molecule has 0 aliphatic carbocycles. The maximum atomic E-state index is 11.8. The van der Waals surface area contributed by atoms with Crippen LogP contribution in [0.25, 0.3) is 0 Å². The summed E-state index contributed by atoms with van der Waals surface area (Å²) in [6.45, 7) is 0.560. The molecule has 0 unspecified atom stereocenters. The Morgan fingerprint density at radius 2 is 2.10 bits per heavy atom. The molecule has 0 fully saturated rings. The van der Waals surface area contributed by atoms with Gasteiger partial charge in [-0.1, -0.05) is 0 Å². The Bertz CT molecular complexity index is 491. The lowest BCUT2D eigenvalue weighted by Gasteiger charge is -2.15. The number of nitrogens with zero attached hydrogens (tertiary/aromatic N) is 1. The van der Waals surface area contributed by atoms with Crippen LogP contribution in [0.4, 0.5) is 11.4 Å². The number of ether oxygens (including phenoxy) is 1. The summed E-state index contributed by atoms with van der Waals surface area (Å²) in [5.41, 5.74) is 11.8. The van der Waals surface area contributed by atoms with Crippen LogP contribution in [-0.2, 0) is 9.59 Å². The number of methoxy groups -OCH3 is 1. The molecular formula is C13H20N4O3. The third-order valence-electron chi connectivity index (χ3n) is 2.65. The van der Waals surface area contributed by atoms with Gasteiger partial charge in [0.25, 0.3) is 0 Å². The van der Waals surface area contributed by atoms with E-state index < -0.39 is 5.91 Å². The van der Waals surface area contributed by atoms with Crippen LogP contribution in [0.2, 0.25) is 0 Å². The number of carbonyl (C=O) groups excluding carboxylic acids is 2. The Kier molecular flexibility index (Phi) is 5.79. The van der Waals surface area contributed by atoms with E-state index in [1.807, 2.05) is 0 Å². The molecule has 7 heteroatoms. The summed E-state index contributed by atoms with van der Waals surface area (Å²) in [7, 11) is 3.23. The van der Waals surface area contributed by atoms with Crippen molar-refractivity contribution < 1.29 is 14.3 Å². The first-order valence-electron chi connectivity index (χ1n) is 6.12. The molecule has 0 aromatic heterocycles. The number of rotatable bonds is 7. The van der Waals surface area contributed by atoms with Gasteiger partial charge in [0, 0.05) is 24.7 Å². The predicted octanol–water partition coefficient (Wildman–Crippen LogP) is 0.0231. The third kappa shape index (κ3) is 5.15. The van der Waals surface area contributed by atoms with Crippen molar-refractivity contribution in [1.29, 1.82) is 0 Å². The van der Waals surface area contributed by atoms with Gasteiger partial charge >= 0.3 is 0 Å². The van der Waals surface area contributed by atoms with Gasteiger partial charge in [-0.05, 0) is 19.2 Å². The van der Waals surface area contributed by atoms with E-state index in [-0.39, 0.29) is 18.9 Å². The molecule has 7 nitrogen and oxygen atoms in total. The number of hydrogen-bond donors (Lipinski definition) is 3. The minimum absolute atomic E-state index is 0.123. The lowest BCUT2D eigenvalue weighted by atomic mass is 10.2. The highest BCUT2D eigenvalue weighted by atomic mass is 16.5. The summed E-state index contributed by atoms with van der Waals surface area (Å²) in [6, 6.07) is 4.99. The second-order valence-corrected chi connectivity index (χ2v) is 4.46. The molecule has 110 valence electrons. The van der Waals surface area contributed by atoms with Crippen molar-refractivity contribution >= 4 is 23.2 Å². The van der Waals surface area contributed by atoms with Gasteiger partial charge in [0.1, 0.15) is 5.75 Å². The van der Waals surface area contributed by atoms with Crippen LogP contribution in [0.15, 0.2) is 18.2 Å². The van der Waals surface area contributed by atoms with Crippen molar-refractivity contribution in [3.63, 3.8) is 0 Å². The summed E-state index contributed by atoms with van der Waals surface area (Å²) in [5, 5.41) is 2.74. The molecule has 0 saturated carbocycles. The van der Waals surface area contributed by atoms with Gasteiger partial charge in [0.2, 0.25) is 11.8 Å². The van der Waals surface area contributed by atoms with Gasteiger partial charge in [-0.3, -0.25) is 14.5 Å². The van der Waals surface area contributed by atoms with Crippen molar-refractivity contribution in [2.24, 2.45) is 5.73 Å². The lowest BCUT2D eigenvalue weighted by Crippen LogP contribution is -2.32. The predicted molar refractivity (Wildman–Crippen MR) is 77.3 cm³/mol. The number of primary amides is 1. The number of nitrogens with two attached hydrogens (primary N) is 2. The molecule has 1 rings (SSSR count). The number of hydrogen-bond acceptors (Lipinski definition) is 5. The maximum absolute atomic E-state index is 11.8. The van der Waals surface area contributed by atoms with Gasteiger partial charge in [-0.2, -0.15) is 0 Å². The third-order valence-corrected chi connectivity index (χ3v) is 2.65. The smallest absolute Gasteiger partial charge is 0.231 e. The molecule has 0 spiro atoms. The summed E-state index contributed by atoms with van der Waals surface area (Å²) in [4.78, 5) is 24.2. The van der Waals surface area contributed by atoms with Crippen molar-refractivity contribution in [3.05, 3.63) is 18.2 Å². The standard InChI is InChI=1S/C13H20N4O3/c1-17(8-12(15)18)6-5-13(19)16-10-4-3-9(14)7-11(10)20-2/h3-4,7H,5-6,8,14H2,1-2H3,(H2,15,18)(H,16,19). The summed E-state index contributed by atoms with van der Waals surface area (Å²) >= 11 is 0. The highest BCUT2D eigenvalue weighted by Gasteiger charge is 2.10. The lowest BCUT2D eigenvalue weighted by molar-refractivity contribution is -0.120. The molecule has 1 aromatic rings. The maximum Gasteiger partial charge on any atom is 0.231 e. The quantitative estimate of drug-likeness (QED) is 0.610. The molecule has 20 heavy (non-hydrogen) atoms. The van der Waals surface area contributed by atoms with E-state index in [1.165, 1.54) is 7.11 Å². The van der Waals surface area contributed by atoms with Crippen LogP contribution in [0.1, 0.15) is 6.42 Å². The Balaban J connectivity index is 2.52. The molecule has 0 aliphatic rings. The molecule has 0 aliphatic heterocycles. The second-order valence-electron chi connectivity index (χ2n) is 4.46. The molecule has 0 bridgehead atoms. The fourth-order valence-corrected chi connectivity index (χ4v) is 1.66. The molecule has 0 heterocycles. The molecule has 2 amide bonds. The van der Waals surface area contributed by atoms with Crippen LogP contribution in [0, 0.1) is 0 Å². The molecule has 0 radical (unpaired) electrons. The minimum Gasteiger partial charge on any atom is -0.494 e. The number of carbonyl (C=O) groups is 2. The number of nitrogens with one attached hydrogen (secondary N) is 1. The average molecular weight is 280 g/mol. The molecule has 0 saturated heterocycles. The largest absolute Gasteiger partial charge is 0.494 e. The average Bonchev–Trinajstić information content (AvgIpc) is 2.37. The zero-order valence-electron chi connectivity index (χ0n) is 11.7. The normalized spacial score (nSPS) is 10.3. The Morgan fingerprint density at radius 3 is 2.70 bits per heavy atom. The first-order valence-corrected chi connectivity index (χ1v) is 6.12. The fraction of sp³-hybridized carbons (Fsp3) is 0.385. The van der Waals surface area contributed by atoms with E-state index in [1.54, 1.807) is 30.1 Å². The van der Waals surface area contributed by atoms with E-state index in [0.717, 1.165) is 0 Å². The van der Waals surface area contributed by atoms with Gasteiger partial charge in [-0.15, -0.1) is 0 Å². The Hall–Kier alpha value is -2.28. The monoisotopic (exact) mass is 280 g/mol. The zero-order valence-corrected chi connectivity index (χ0v) is 11.7. The topological polar surface area (TPSA) is 111 Å². The van der Waals surface area contributed by atoms with E-state index in [0.29, 0.717) is 23.7 Å². The number of likely N-dealkylation sites (N-methyl/N-ethyl adjacent to an activating group) is 1. The summed E-state index contributed by atoms with van der Waals surface area (Å²) in [5.74, 6) is -0.0960. The van der Waals surface area contributed by atoms with Crippen molar-refractivity contribution in [1.82, 2.24) is 4.90 Å². The summed E-state index contributed by atoms with van der Waals surface area (Å²) < 4.78 is 5.14. The van der Waals surface area contributed by atoms with Crippen LogP contribution in [0.3, 0.4) is 0 Å². The zero-order chi connectivity index (χ0) is 15.1. The van der Waals surface area contributed by atoms with Gasteiger partial charge in [-0.25, -0.2) is 0 Å². The first kappa shape index (κ1) is 15.8. The number of benzene rings is 1. The van der Waals surface area contributed by atoms with Crippen LogP contribution >= 0.6 is 0 Å². The van der Waals surface area contributed by atoms with Gasteiger partial charge in [0.15, 0.2) is 0 Å². The molecule has 5 N–H and O–H groups in total. The van der Waals surface area contributed by atoms with E-state index in [4.69, 9.17) is 16.2 Å². The van der Waals surface area contributed by atoms with E-state index in [2.05, 4.69) is 5.32 Å². The second kappa shape index (κ2) is 7.34. The summed E-state index contributed by atoms with van der Waals surface area (Å²) in [6.07, 6.45) is 0.247. The molecule has 1 aromatic carbocycles. The first-order chi connectivity index (χ1) is 9.42. The Morgan fingerprint density at radius 1 is 1.40 bits per heavy atom. The van der Waals surface area contributed by atoms with Gasteiger partial charge in [0.05, 0.1) is 19.3 Å². The number of anilines is 2. The van der Waals surface area contributed by atoms with Crippen molar-refractivity contribution in [2.45, 2.75) is 6.42 Å². The van der Waals surface area contributed by atoms with Crippen LogP contribution in [0.5, 0.6) is 5.75 Å². The Labute approximate surface area is 117 Å². The number of nitrogen functional groups attached to an aromatic ring is 1.